The van der Waals surface area contributed by atoms with Crippen LogP contribution in [0.15, 0.2) is 29.4 Å². The van der Waals surface area contributed by atoms with E-state index in [1.165, 1.54) is 0 Å². The second-order valence-corrected chi connectivity index (χ2v) is 5.40. The Morgan fingerprint density at radius 1 is 1.44 bits per heavy atom. The second-order valence-electron chi connectivity index (χ2n) is 4.96. The Bertz CT molecular complexity index is 482. The number of halogens is 1. The maximum Gasteiger partial charge on any atom is 0.307 e. The molecular weight excluding hydrogens is 254 g/mol. The van der Waals surface area contributed by atoms with Crippen LogP contribution in [0.4, 0.5) is 0 Å². The summed E-state index contributed by atoms with van der Waals surface area (Å²) in [5.41, 5.74) is -0.251. The lowest BCUT2D eigenvalue weighted by molar-refractivity contribution is -0.139. The van der Waals surface area contributed by atoms with Crippen LogP contribution < -0.4 is 4.84 Å². The van der Waals surface area contributed by atoms with Crippen LogP contribution in [-0.4, -0.2) is 17.3 Å². The van der Waals surface area contributed by atoms with Gasteiger partial charge in [0.1, 0.15) is 0 Å². The first-order valence-electron chi connectivity index (χ1n) is 5.62. The zero-order valence-corrected chi connectivity index (χ0v) is 10.9. The lowest BCUT2D eigenvalue weighted by Gasteiger charge is -1.98. The summed E-state index contributed by atoms with van der Waals surface area (Å²) in [4.78, 5) is 16.1. The summed E-state index contributed by atoms with van der Waals surface area (Å²) >= 11 is 5.74. The molecule has 0 aromatic heterocycles. The van der Waals surface area contributed by atoms with Crippen molar-refractivity contribution < 1.29 is 14.7 Å². The van der Waals surface area contributed by atoms with Crippen LogP contribution in [-0.2, 0) is 4.79 Å². The zero-order valence-electron chi connectivity index (χ0n) is 10.1. The highest BCUT2D eigenvalue weighted by atomic mass is 35.5. The molecule has 1 saturated carbocycles. The average Bonchev–Trinajstić information content (AvgIpc) is 2.84. The maximum atomic E-state index is 10.9. The second kappa shape index (κ2) is 4.61. The first-order valence-corrected chi connectivity index (χ1v) is 5.99. The molecule has 1 aliphatic carbocycles. The molecule has 0 saturated heterocycles. The summed E-state index contributed by atoms with van der Waals surface area (Å²) in [5.74, 6) is -0.679. The first kappa shape index (κ1) is 12.9. The number of carboxylic acid groups (broad SMARTS) is 1. The number of rotatable bonds is 4. The van der Waals surface area contributed by atoms with Crippen molar-refractivity contribution in [2.24, 2.45) is 22.4 Å². The van der Waals surface area contributed by atoms with Crippen LogP contribution in [0.25, 0.3) is 0 Å². The van der Waals surface area contributed by atoms with Crippen LogP contribution >= 0.6 is 11.6 Å². The molecule has 0 unspecified atom stereocenters. The third kappa shape index (κ3) is 2.48. The van der Waals surface area contributed by atoms with Gasteiger partial charge in [-0.05, 0) is 29.7 Å². The van der Waals surface area contributed by atoms with Gasteiger partial charge in [0.2, 0.25) is 0 Å². The summed E-state index contributed by atoms with van der Waals surface area (Å²) in [6, 6.07) is 6.81. The fourth-order valence-electron chi connectivity index (χ4n) is 2.08. The van der Waals surface area contributed by atoms with Gasteiger partial charge in [-0.1, -0.05) is 30.6 Å². The lowest BCUT2D eigenvalue weighted by atomic mass is 10.1. The van der Waals surface area contributed by atoms with E-state index in [-0.39, 0.29) is 17.3 Å². The van der Waals surface area contributed by atoms with Gasteiger partial charge in [-0.25, -0.2) is 0 Å². The molecule has 18 heavy (non-hydrogen) atoms. The smallest absolute Gasteiger partial charge is 0.307 e. The number of benzene rings is 1. The highest BCUT2D eigenvalue weighted by Gasteiger charge is 2.61. The van der Waals surface area contributed by atoms with E-state index in [1.807, 2.05) is 13.8 Å². The summed E-state index contributed by atoms with van der Waals surface area (Å²) in [7, 11) is 0. The van der Waals surface area contributed by atoms with E-state index >= 15 is 0 Å². The van der Waals surface area contributed by atoms with E-state index in [4.69, 9.17) is 21.5 Å². The Morgan fingerprint density at radius 3 is 2.56 bits per heavy atom. The molecule has 4 nitrogen and oxygen atoms in total. The van der Waals surface area contributed by atoms with E-state index < -0.39 is 5.97 Å². The van der Waals surface area contributed by atoms with Gasteiger partial charge in [-0.15, -0.1) is 0 Å². The van der Waals surface area contributed by atoms with E-state index in [2.05, 4.69) is 5.16 Å². The van der Waals surface area contributed by atoms with Crippen LogP contribution in [0, 0.1) is 17.3 Å². The normalized spacial score (nSPS) is 25.1. The van der Waals surface area contributed by atoms with Gasteiger partial charge in [-0.3, -0.25) is 4.79 Å². The maximum absolute atomic E-state index is 10.9. The minimum Gasteiger partial charge on any atom is -0.481 e. The molecule has 1 N–H and O–H groups in total. The van der Waals surface area contributed by atoms with Crippen molar-refractivity contribution >= 4 is 23.8 Å². The van der Waals surface area contributed by atoms with E-state index in [9.17, 15) is 4.79 Å². The number of nitrogens with zero attached hydrogens (tertiary/aromatic N) is 1. The van der Waals surface area contributed by atoms with Crippen LogP contribution in [0.1, 0.15) is 13.8 Å². The molecule has 1 aromatic rings. The number of hydrogen-bond donors (Lipinski definition) is 1. The minimum atomic E-state index is -0.789. The monoisotopic (exact) mass is 267 g/mol. The third-order valence-electron chi connectivity index (χ3n) is 3.37. The topological polar surface area (TPSA) is 58.9 Å². The number of carbonyl (C=O) groups is 1. The van der Waals surface area contributed by atoms with Crippen molar-refractivity contribution in [1.29, 1.82) is 0 Å². The van der Waals surface area contributed by atoms with Gasteiger partial charge in [0, 0.05) is 17.2 Å². The van der Waals surface area contributed by atoms with Gasteiger partial charge in [0.25, 0.3) is 0 Å². The molecule has 0 bridgehead atoms. The predicted octanol–water partition coefficient (Wildman–Crippen LogP) is 3.06. The summed E-state index contributed by atoms with van der Waals surface area (Å²) in [6.45, 7) is 3.82. The van der Waals surface area contributed by atoms with Crippen molar-refractivity contribution in [1.82, 2.24) is 0 Å². The lowest BCUT2D eigenvalue weighted by Crippen LogP contribution is -2.03. The Labute approximate surface area is 110 Å². The number of hydrogen-bond acceptors (Lipinski definition) is 3. The molecule has 1 aliphatic rings. The molecule has 5 heteroatoms. The number of aliphatic carboxylic acids is 1. The van der Waals surface area contributed by atoms with Crippen LogP contribution in [0.5, 0.6) is 5.75 Å². The molecule has 0 amide bonds. The van der Waals surface area contributed by atoms with Gasteiger partial charge in [0.15, 0.2) is 5.75 Å². The van der Waals surface area contributed by atoms with Gasteiger partial charge >= 0.3 is 5.97 Å². The highest BCUT2D eigenvalue weighted by Crippen LogP contribution is 2.57. The average molecular weight is 268 g/mol. The van der Waals surface area contributed by atoms with E-state index in [1.54, 1.807) is 30.5 Å². The van der Waals surface area contributed by atoms with Crippen LogP contribution in [0.3, 0.4) is 0 Å². The van der Waals surface area contributed by atoms with E-state index in [0.717, 1.165) is 0 Å². The Hall–Kier alpha value is -1.55. The molecule has 1 aromatic carbocycles. The predicted molar refractivity (Wildman–Crippen MR) is 69.0 cm³/mol. The molecule has 2 rings (SSSR count). The highest BCUT2D eigenvalue weighted by molar-refractivity contribution is 6.30. The van der Waals surface area contributed by atoms with Crippen molar-refractivity contribution in [3.8, 4) is 5.75 Å². The SMILES string of the molecule is CC1(C)[C@H](C=NOc2ccc(Cl)cc2)[C@H]1C(=O)O. The molecule has 0 radical (unpaired) electrons. The van der Waals surface area contributed by atoms with Gasteiger partial charge < -0.3 is 9.94 Å². The molecular formula is C13H14ClNO3. The first-order chi connectivity index (χ1) is 8.43. The molecule has 0 spiro atoms. The fourth-order valence-corrected chi connectivity index (χ4v) is 2.21. The molecule has 96 valence electrons. The Balaban J connectivity index is 1.93. The minimum absolute atomic E-state index is 0.0812. The summed E-state index contributed by atoms with van der Waals surface area (Å²) in [6.07, 6.45) is 1.56. The van der Waals surface area contributed by atoms with Crippen molar-refractivity contribution in [2.75, 3.05) is 0 Å². The molecule has 0 heterocycles. The molecule has 2 atom stereocenters. The Morgan fingerprint density at radius 2 is 2.06 bits per heavy atom. The van der Waals surface area contributed by atoms with Gasteiger partial charge in [-0.2, -0.15) is 0 Å². The van der Waals surface area contributed by atoms with Gasteiger partial charge in [0.05, 0.1) is 5.92 Å². The van der Waals surface area contributed by atoms with E-state index in [0.29, 0.717) is 10.8 Å². The molecule has 0 aliphatic heterocycles. The zero-order chi connectivity index (χ0) is 13.3. The Kier molecular flexibility index (Phi) is 3.30. The largest absolute Gasteiger partial charge is 0.481 e. The van der Waals surface area contributed by atoms with Crippen molar-refractivity contribution in [3.63, 3.8) is 0 Å². The van der Waals surface area contributed by atoms with Crippen molar-refractivity contribution in [2.45, 2.75) is 13.8 Å². The quantitative estimate of drug-likeness (QED) is 0.674. The summed E-state index contributed by atoms with van der Waals surface area (Å²) in [5, 5.41) is 13.4. The summed E-state index contributed by atoms with van der Waals surface area (Å²) < 4.78 is 0. The standard InChI is InChI=1S/C13H14ClNO3/c1-13(2)10(11(13)12(16)17)7-15-18-9-5-3-8(14)4-6-9/h3-7,10-11H,1-2H3,(H,16,17)/t10-,11+/m1/s1. The fraction of sp³-hybridized carbons (Fsp3) is 0.385. The van der Waals surface area contributed by atoms with Crippen LogP contribution in [0.2, 0.25) is 5.02 Å². The third-order valence-corrected chi connectivity index (χ3v) is 3.62. The number of carboxylic acids is 1. The van der Waals surface area contributed by atoms with Crippen molar-refractivity contribution in [3.05, 3.63) is 29.3 Å². The number of oxime groups is 1. The molecule has 1 fully saturated rings.